The number of ketones is 2. The summed E-state index contributed by atoms with van der Waals surface area (Å²) in [5.41, 5.74) is 1.03. The van der Waals surface area contributed by atoms with Gasteiger partial charge in [0.2, 0.25) is 5.78 Å². The maximum atomic E-state index is 13.3. The third-order valence-electron chi connectivity index (χ3n) is 5.73. The molecule has 2 aliphatic rings. The van der Waals surface area contributed by atoms with Crippen LogP contribution in [0.25, 0.3) is 0 Å². The second-order valence-electron chi connectivity index (χ2n) is 7.49. The molecule has 156 valence electrons. The Labute approximate surface area is 180 Å². The van der Waals surface area contributed by atoms with Crippen LogP contribution in [0.5, 0.6) is 0 Å². The summed E-state index contributed by atoms with van der Waals surface area (Å²) < 4.78 is 5.37. The second-order valence-corrected chi connectivity index (χ2v) is 7.90. The zero-order valence-corrected chi connectivity index (χ0v) is 17.3. The number of hydrogen-bond donors (Lipinski definition) is 0. The highest BCUT2D eigenvalue weighted by molar-refractivity contribution is 6.44. The van der Waals surface area contributed by atoms with Crippen molar-refractivity contribution in [3.8, 4) is 0 Å². The Morgan fingerprint density at radius 2 is 1.63 bits per heavy atom. The van der Waals surface area contributed by atoms with Crippen molar-refractivity contribution >= 4 is 29.1 Å². The van der Waals surface area contributed by atoms with Crippen LogP contribution in [0, 0.1) is 5.92 Å². The minimum absolute atomic E-state index is 0.346. The van der Waals surface area contributed by atoms with E-state index < -0.39 is 23.7 Å². The molecule has 2 saturated heterocycles. The van der Waals surface area contributed by atoms with Gasteiger partial charge in [-0.2, -0.15) is 0 Å². The lowest BCUT2D eigenvalue weighted by Crippen LogP contribution is -2.43. The van der Waals surface area contributed by atoms with Crippen molar-refractivity contribution in [1.29, 1.82) is 0 Å². The van der Waals surface area contributed by atoms with E-state index in [0.717, 1.165) is 13.1 Å². The van der Waals surface area contributed by atoms with Gasteiger partial charge in [0.15, 0.2) is 5.78 Å². The number of Topliss-reactive ketones (excluding diaryl/α,β-unsaturated/α-hetero) is 2. The highest BCUT2D eigenvalue weighted by Gasteiger charge is 2.52. The van der Waals surface area contributed by atoms with E-state index in [1.165, 1.54) is 4.90 Å². The summed E-state index contributed by atoms with van der Waals surface area (Å²) in [6.45, 7) is 3.80. The standard InChI is InChI=1S/C23H23ClN2O4/c24-18-9-5-4-8-17(18)20-19(21(27)16-6-2-1-3-7-16)22(28)23(29)26(20)11-10-25-12-14-30-15-13-25/h1-9,19-20H,10-15H2. The monoisotopic (exact) mass is 426 g/mol. The zero-order chi connectivity index (χ0) is 21.1. The molecule has 2 fully saturated rings. The minimum atomic E-state index is -1.11. The summed E-state index contributed by atoms with van der Waals surface area (Å²) in [7, 11) is 0. The summed E-state index contributed by atoms with van der Waals surface area (Å²) in [5, 5.41) is 0.437. The summed E-state index contributed by atoms with van der Waals surface area (Å²) in [6.07, 6.45) is 0. The van der Waals surface area contributed by atoms with E-state index in [2.05, 4.69) is 4.90 Å². The van der Waals surface area contributed by atoms with Crippen molar-refractivity contribution in [2.45, 2.75) is 6.04 Å². The molecule has 0 N–H and O–H groups in total. The molecule has 2 aromatic rings. The van der Waals surface area contributed by atoms with Gasteiger partial charge >= 0.3 is 0 Å². The molecular formula is C23H23ClN2O4. The maximum absolute atomic E-state index is 13.3. The number of carbonyl (C=O) groups excluding carboxylic acids is 3. The Morgan fingerprint density at radius 1 is 0.967 bits per heavy atom. The van der Waals surface area contributed by atoms with Gasteiger partial charge in [-0.1, -0.05) is 60.1 Å². The van der Waals surface area contributed by atoms with Crippen LogP contribution in [0.3, 0.4) is 0 Å². The molecule has 2 aromatic carbocycles. The number of halogens is 1. The van der Waals surface area contributed by atoms with E-state index >= 15 is 0 Å². The van der Waals surface area contributed by atoms with Crippen LogP contribution in [-0.4, -0.2) is 66.7 Å². The first kappa shape index (κ1) is 20.7. The van der Waals surface area contributed by atoms with Crippen molar-refractivity contribution in [1.82, 2.24) is 9.80 Å². The van der Waals surface area contributed by atoms with Crippen molar-refractivity contribution in [2.75, 3.05) is 39.4 Å². The van der Waals surface area contributed by atoms with Crippen molar-refractivity contribution in [3.63, 3.8) is 0 Å². The topological polar surface area (TPSA) is 66.9 Å². The molecule has 4 rings (SSSR count). The molecule has 0 aromatic heterocycles. The normalized spacial score (nSPS) is 22.5. The predicted molar refractivity (Wildman–Crippen MR) is 112 cm³/mol. The van der Waals surface area contributed by atoms with Crippen molar-refractivity contribution in [2.24, 2.45) is 5.92 Å². The van der Waals surface area contributed by atoms with Gasteiger partial charge < -0.3 is 9.64 Å². The largest absolute Gasteiger partial charge is 0.379 e. The number of nitrogens with zero attached hydrogens (tertiary/aromatic N) is 2. The van der Waals surface area contributed by atoms with Gasteiger partial charge in [-0.15, -0.1) is 0 Å². The molecular weight excluding hydrogens is 404 g/mol. The van der Waals surface area contributed by atoms with E-state index in [1.807, 2.05) is 0 Å². The van der Waals surface area contributed by atoms with Gasteiger partial charge in [-0.25, -0.2) is 0 Å². The number of amides is 1. The summed E-state index contributed by atoms with van der Waals surface area (Å²) in [5.74, 6) is -2.75. The summed E-state index contributed by atoms with van der Waals surface area (Å²) in [4.78, 5) is 42.9. The molecule has 0 bridgehead atoms. The Kier molecular flexibility index (Phi) is 6.27. The molecule has 2 atom stereocenters. The van der Waals surface area contributed by atoms with Crippen LogP contribution in [0.1, 0.15) is 22.0 Å². The summed E-state index contributed by atoms with van der Waals surface area (Å²) >= 11 is 6.44. The van der Waals surface area contributed by atoms with Crippen LogP contribution in [0.2, 0.25) is 5.02 Å². The van der Waals surface area contributed by atoms with Crippen molar-refractivity contribution in [3.05, 3.63) is 70.7 Å². The Hall–Kier alpha value is -2.54. The number of likely N-dealkylation sites (tertiary alicyclic amines) is 1. The Balaban J connectivity index is 1.67. The number of rotatable bonds is 6. The molecule has 0 saturated carbocycles. The lowest BCUT2D eigenvalue weighted by molar-refractivity contribution is -0.141. The lowest BCUT2D eigenvalue weighted by Gasteiger charge is -2.32. The fraction of sp³-hybridized carbons (Fsp3) is 0.348. The van der Waals surface area contributed by atoms with E-state index in [4.69, 9.17) is 16.3 Å². The van der Waals surface area contributed by atoms with E-state index in [0.29, 0.717) is 42.5 Å². The number of morpholine rings is 1. The maximum Gasteiger partial charge on any atom is 0.291 e. The van der Waals surface area contributed by atoms with E-state index in [-0.39, 0.29) is 5.78 Å². The van der Waals surface area contributed by atoms with Crippen molar-refractivity contribution < 1.29 is 19.1 Å². The number of hydrogen-bond acceptors (Lipinski definition) is 5. The number of carbonyl (C=O) groups is 3. The van der Waals surface area contributed by atoms with Gasteiger partial charge in [0.05, 0.1) is 19.3 Å². The summed E-state index contributed by atoms with van der Waals surface area (Å²) in [6, 6.07) is 15.0. The third-order valence-corrected chi connectivity index (χ3v) is 6.08. The highest BCUT2D eigenvalue weighted by atomic mass is 35.5. The average molecular weight is 427 g/mol. The molecule has 1 amide bonds. The number of benzene rings is 2. The van der Waals surface area contributed by atoms with Gasteiger partial charge in [0, 0.05) is 36.8 Å². The molecule has 7 heteroatoms. The molecule has 0 radical (unpaired) electrons. The molecule has 6 nitrogen and oxygen atoms in total. The van der Waals surface area contributed by atoms with E-state index in [1.54, 1.807) is 54.6 Å². The first-order valence-corrected chi connectivity index (χ1v) is 10.4. The van der Waals surface area contributed by atoms with Crippen LogP contribution in [0.4, 0.5) is 0 Å². The third kappa shape index (κ3) is 4.03. The molecule has 2 unspecified atom stereocenters. The highest BCUT2D eigenvalue weighted by Crippen LogP contribution is 2.40. The Bertz CT molecular complexity index is 943. The van der Waals surface area contributed by atoms with Crippen LogP contribution < -0.4 is 0 Å². The average Bonchev–Trinajstić information content (AvgIpc) is 3.03. The van der Waals surface area contributed by atoms with Crippen LogP contribution >= 0.6 is 11.6 Å². The van der Waals surface area contributed by atoms with E-state index in [9.17, 15) is 14.4 Å². The van der Waals surface area contributed by atoms with Crippen LogP contribution in [-0.2, 0) is 14.3 Å². The fourth-order valence-corrected chi connectivity index (χ4v) is 4.39. The van der Waals surface area contributed by atoms with Gasteiger partial charge in [-0.05, 0) is 11.6 Å². The minimum Gasteiger partial charge on any atom is -0.379 e. The molecule has 30 heavy (non-hydrogen) atoms. The van der Waals surface area contributed by atoms with Crippen LogP contribution in [0.15, 0.2) is 54.6 Å². The predicted octanol–water partition coefficient (Wildman–Crippen LogP) is 2.62. The second kappa shape index (κ2) is 9.08. The molecule has 2 heterocycles. The quantitative estimate of drug-likeness (QED) is 0.403. The first-order chi connectivity index (χ1) is 14.6. The van der Waals surface area contributed by atoms with Gasteiger partial charge in [0.25, 0.3) is 5.91 Å². The zero-order valence-electron chi connectivity index (χ0n) is 16.5. The lowest BCUT2D eigenvalue weighted by atomic mass is 9.86. The SMILES string of the molecule is O=C1C(=O)N(CCN2CCOCC2)C(c2ccccc2Cl)C1C(=O)c1ccccc1. The number of ether oxygens (including phenoxy) is 1. The molecule has 2 aliphatic heterocycles. The molecule has 0 aliphatic carbocycles. The first-order valence-electron chi connectivity index (χ1n) is 10.1. The van der Waals surface area contributed by atoms with Gasteiger partial charge in [-0.3, -0.25) is 19.3 Å². The smallest absolute Gasteiger partial charge is 0.291 e. The fourth-order valence-electron chi connectivity index (χ4n) is 4.15. The molecule has 0 spiro atoms. The van der Waals surface area contributed by atoms with Gasteiger partial charge in [0.1, 0.15) is 5.92 Å². The Morgan fingerprint density at radius 3 is 2.33 bits per heavy atom.